The van der Waals surface area contributed by atoms with E-state index in [2.05, 4.69) is 45.2 Å². The molecule has 0 radical (unpaired) electrons. The smallest absolute Gasteiger partial charge is 0.300 e. The third-order valence-electron chi connectivity index (χ3n) is 3.56. The molecule has 0 saturated carbocycles. The van der Waals surface area contributed by atoms with Gasteiger partial charge >= 0.3 is 0 Å². The van der Waals surface area contributed by atoms with Gasteiger partial charge in [-0.15, -0.1) is 0 Å². The first-order chi connectivity index (χ1) is 11.8. The number of anilines is 1. The van der Waals surface area contributed by atoms with Crippen LogP contribution in [0.3, 0.4) is 0 Å². The van der Waals surface area contributed by atoms with Crippen LogP contribution in [0.4, 0.5) is 17.1 Å². The molecule has 0 fully saturated rings. The Hall–Kier alpha value is -1.25. The number of amides is 1. The summed E-state index contributed by atoms with van der Waals surface area (Å²) in [6, 6.07) is 2.05. The lowest BCUT2D eigenvalue weighted by Crippen LogP contribution is -2.33. The third-order valence-corrected chi connectivity index (χ3v) is 4.52. The quantitative estimate of drug-likeness (QED) is 0.193. The molecule has 0 aliphatic carbocycles. The molecular formula is C14H18I2N4O5. The summed E-state index contributed by atoms with van der Waals surface area (Å²) in [5, 5.41) is 22.7. The minimum Gasteiger partial charge on any atom is -0.364 e. The SMILES string of the molecule is CCN(C)C(=O)c1cc([N+](=O)[O-])cc([N+](=O)[O-])c1N(CCI)CCI. The zero-order valence-electron chi connectivity index (χ0n) is 13.8. The van der Waals surface area contributed by atoms with Crippen LogP contribution in [0.5, 0.6) is 0 Å². The van der Waals surface area contributed by atoms with E-state index in [1.807, 2.05) is 0 Å². The first-order valence-electron chi connectivity index (χ1n) is 7.37. The molecule has 25 heavy (non-hydrogen) atoms. The number of nitrogens with zero attached hydrogens (tertiary/aromatic N) is 4. The van der Waals surface area contributed by atoms with Crippen molar-refractivity contribution >= 4 is 68.2 Å². The normalized spacial score (nSPS) is 10.4. The molecule has 0 heterocycles. The van der Waals surface area contributed by atoms with Gasteiger partial charge in [-0.1, -0.05) is 45.2 Å². The highest BCUT2D eigenvalue weighted by atomic mass is 127. The molecule has 0 saturated heterocycles. The Morgan fingerprint density at radius 1 is 1.12 bits per heavy atom. The van der Waals surface area contributed by atoms with Crippen molar-refractivity contribution in [2.75, 3.05) is 40.4 Å². The van der Waals surface area contributed by atoms with E-state index in [1.54, 1.807) is 18.9 Å². The number of nitro groups is 2. The van der Waals surface area contributed by atoms with Crippen molar-refractivity contribution in [2.45, 2.75) is 6.92 Å². The van der Waals surface area contributed by atoms with Crippen molar-refractivity contribution in [3.63, 3.8) is 0 Å². The maximum Gasteiger partial charge on any atom is 0.300 e. The number of non-ortho nitro benzene ring substituents is 1. The molecule has 1 aromatic rings. The van der Waals surface area contributed by atoms with Crippen LogP contribution in [0.1, 0.15) is 17.3 Å². The predicted molar refractivity (Wildman–Crippen MR) is 112 cm³/mol. The molecule has 0 aliphatic heterocycles. The lowest BCUT2D eigenvalue weighted by Gasteiger charge is -2.26. The Morgan fingerprint density at radius 3 is 2.08 bits per heavy atom. The summed E-state index contributed by atoms with van der Waals surface area (Å²) in [7, 11) is 1.55. The summed E-state index contributed by atoms with van der Waals surface area (Å²) in [6.45, 7) is 3.14. The summed E-state index contributed by atoms with van der Waals surface area (Å²) >= 11 is 4.30. The van der Waals surface area contributed by atoms with Crippen molar-refractivity contribution in [3.05, 3.63) is 37.9 Å². The van der Waals surface area contributed by atoms with E-state index in [-0.39, 0.29) is 11.3 Å². The van der Waals surface area contributed by atoms with Crippen molar-refractivity contribution in [1.29, 1.82) is 0 Å². The molecule has 0 bridgehead atoms. The highest BCUT2D eigenvalue weighted by Gasteiger charge is 2.31. The van der Waals surface area contributed by atoms with Crippen LogP contribution in [0, 0.1) is 20.2 Å². The number of carbonyl (C=O) groups is 1. The van der Waals surface area contributed by atoms with Gasteiger partial charge in [-0.25, -0.2) is 0 Å². The molecule has 1 aromatic carbocycles. The van der Waals surface area contributed by atoms with E-state index in [9.17, 15) is 25.0 Å². The monoisotopic (exact) mass is 576 g/mol. The van der Waals surface area contributed by atoms with Gasteiger partial charge in [0.05, 0.1) is 21.5 Å². The van der Waals surface area contributed by atoms with Gasteiger partial charge in [-0.05, 0) is 6.92 Å². The van der Waals surface area contributed by atoms with Crippen molar-refractivity contribution in [2.24, 2.45) is 0 Å². The van der Waals surface area contributed by atoms with Crippen LogP contribution in [-0.4, -0.2) is 56.2 Å². The second kappa shape index (κ2) is 10.0. The molecule has 0 aliphatic rings. The molecule has 0 aromatic heterocycles. The maximum absolute atomic E-state index is 12.7. The molecule has 1 rings (SSSR count). The van der Waals surface area contributed by atoms with Gasteiger partial charge in [0, 0.05) is 41.6 Å². The average molecular weight is 576 g/mol. The summed E-state index contributed by atoms with van der Waals surface area (Å²) in [4.78, 5) is 37.2. The minimum absolute atomic E-state index is 0.0139. The fourth-order valence-electron chi connectivity index (χ4n) is 2.23. The summed E-state index contributed by atoms with van der Waals surface area (Å²) in [5.41, 5.74) is -0.752. The van der Waals surface area contributed by atoms with Crippen molar-refractivity contribution < 1.29 is 14.6 Å². The number of carbonyl (C=O) groups excluding carboxylic acids is 1. The first-order valence-corrected chi connectivity index (χ1v) is 10.4. The van der Waals surface area contributed by atoms with Gasteiger partial charge < -0.3 is 9.80 Å². The number of halogens is 2. The molecule has 0 spiro atoms. The van der Waals surface area contributed by atoms with Gasteiger partial charge in [0.1, 0.15) is 5.69 Å². The standard InChI is InChI=1S/C14H18I2N4O5/c1-3-17(2)14(21)11-8-10(19(22)23)9-12(20(24)25)13(11)18(6-4-15)7-5-16/h8-9H,3-7H2,1-2H3. The molecule has 1 amide bonds. The molecule has 0 N–H and O–H groups in total. The Labute approximate surface area is 172 Å². The van der Waals surface area contributed by atoms with Gasteiger partial charge in [-0.2, -0.15) is 0 Å². The number of hydrogen-bond donors (Lipinski definition) is 0. The highest BCUT2D eigenvalue weighted by Crippen LogP contribution is 2.37. The molecule has 138 valence electrons. The summed E-state index contributed by atoms with van der Waals surface area (Å²) in [6.07, 6.45) is 0. The second-order valence-corrected chi connectivity index (χ2v) is 7.22. The topological polar surface area (TPSA) is 110 Å². The van der Waals surface area contributed by atoms with E-state index in [0.717, 1.165) is 12.1 Å². The fourth-order valence-corrected chi connectivity index (χ4v) is 3.40. The van der Waals surface area contributed by atoms with E-state index in [1.165, 1.54) is 4.90 Å². The number of alkyl halides is 2. The van der Waals surface area contributed by atoms with Gasteiger partial charge in [0.2, 0.25) is 0 Å². The predicted octanol–water partition coefficient (Wildman–Crippen LogP) is 3.27. The molecule has 9 nitrogen and oxygen atoms in total. The van der Waals surface area contributed by atoms with Gasteiger partial charge in [0.25, 0.3) is 17.3 Å². The minimum atomic E-state index is -0.722. The Balaban J connectivity index is 3.75. The summed E-state index contributed by atoms with van der Waals surface area (Å²) in [5.74, 6) is -0.476. The van der Waals surface area contributed by atoms with Crippen molar-refractivity contribution in [3.8, 4) is 0 Å². The first kappa shape index (κ1) is 21.8. The Morgan fingerprint density at radius 2 is 1.68 bits per heavy atom. The number of hydrogen-bond acceptors (Lipinski definition) is 6. The molecule has 0 atom stereocenters. The lowest BCUT2D eigenvalue weighted by atomic mass is 10.1. The van der Waals surface area contributed by atoms with Crippen molar-refractivity contribution in [1.82, 2.24) is 4.90 Å². The summed E-state index contributed by atoms with van der Waals surface area (Å²) < 4.78 is 1.39. The van der Waals surface area contributed by atoms with Gasteiger partial charge in [-0.3, -0.25) is 25.0 Å². The number of nitro benzene ring substituents is 2. The highest BCUT2D eigenvalue weighted by molar-refractivity contribution is 14.1. The van der Waals surface area contributed by atoms with E-state index < -0.39 is 27.1 Å². The lowest BCUT2D eigenvalue weighted by molar-refractivity contribution is -0.393. The fraction of sp³-hybridized carbons (Fsp3) is 0.500. The van der Waals surface area contributed by atoms with Crippen LogP contribution in [0.2, 0.25) is 0 Å². The largest absolute Gasteiger partial charge is 0.364 e. The zero-order chi connectivity index (χ0) is 19.1. The van der Waals surface area contributed by atoms with Crippen LogP contribution >= 0.6 is 45.2 Å². The maximum atomic E-state index is 12.7. The van der Waals surface area contributed by atoms with E-state index >= 15 is 0 Å². The van der Waals surface area contributed by atoms with Crippen LogP contribution in [0.15, 0.2) is 12.1 Å². The number of rotatable bonds is 9. The van der Waals surface area contributed by atoms with Gasteiger partial charge in [0.15, 0.2) is 0 Å². The van der Waals surface area contributed by atoms with E-state index in [0.29, 0.717) is 28.5 Å². The number of benzene rings is 1. The Kier molecular flexibility index (Phi) is 8.75. The average Bonchev–Trinajstić information content (AvgIpc) is 2.58. The molecular weight excluding hydrogens is 558 g/mol. The van der Waals surface area contributed by atoms with Crippen LogP contribution < -0.4 is 4.90 Å². The molecule has 11 heteroatoms. The van der Waals surface area contributed by atoms with Crippen LogP contribution in [-0.2, 0) is 0 Å². The zero-order valence-corrected chi connectivity index (χ0v) is 18.1. The van der Waals surface area contributed by atoms with E-state index in [4.69, 9.17) is 0 Å². The third kappa shape index (κ3) is 5.36. The molecule has 0 unspecified atom stereocenters. The van der Waals surface area contributed by atoms with Crippen LogP contribution in [0.25, 0.3) is 0 Å². The Bertz CT molecular complexity index is 665. The second-order valence-electron chi connectivity index (χ2n) is 5.06.